The maximum atomic E-state index is 12.2. The molecule has 0 unspecified atom stereocenters. The zero-order chi connectivity index (χ0) is 14.9. The lowest BCUT2D eigenvalue weighted by Crippen LogP contribution is -2.23. The highest BCUT2D eigenvalue weighted by atomic mass is 16.5. The summed E-state index contributed by atoms with van der Waals surface area (Å²) in [4.78, 5) is 20.9. The molecule has 2 aliphatic carbocycles. The molecule has 6 heteroatoms. The zero-order valence-electron chi connectivity index (χ0n) is 12.3. The van der Waals surface area contributed by atoms with Crippen LogP contribution in [0.5, 0.6) is 0 Å². The van der Waals surface area contributed by atoms with Crippen LogP contribution in [0.4, 0.5) is 0 Å². The number of carbonyl (C=O) groups is 1. The number of aromatic nitrogens is 3. The third kappa shape index (κ3) is 2.73. The molecule has 2 heterocycles. The Morgan fingerprint density at radius 1 is 1.32 bits per heavy atom. The maximum Gasteiger partial charge on any atom is 0.253 e. The fourth-order valence-corrected chi connectivity index (χ4v) is 2.82. The molecule has 2 aliphatic rings. The van der Waals surface area contributed by atoms with Crippen molar-refractivity contribution in [3.05, 3.63) is 40.8 Å². The summed E-state index contributed by atoms with van der Waals surface area (Å²) in [5, 5.41) is 6.76. The molecule has 114 valence electrons. The van der Waals surface area contributed by atoms with Gasteiger partial charge in [0, 0.05) is 17.8 Å². The fraction of sp³-hybridized carbons (Fsp3) is 0.500. The van der Waals surface area contributed by atoms with E-state index in [0.717, 1.165) is 37.2 Å². The number of fused-ring (bicyclic) bond motifs is 1. The van der Waals surface area contributed by atoms with Crippen LogP contribution in [-0.2, 0) is 19.4 Å². The van der Waals surface area contributed by atoms with Crippen molar-refractivity contribution in [1.29, 1.82) is 0 Å². The zero-order valence-corrected chi connectivity index (χ0v) is 12.3. The smallest absolute Gasteiger partial charge is 0.253 e. The Morgan fingerprint density at radius 2 is 2.18 bits per heavy atom. The Morgan fingerprint density at radius 3 is 3.05 bits per heavy atom. The molecule has 6 nitrogen and oxygen atoms in total. The number of rotatable bonds is 4. The number of pyridine rings is 1. The monoisotopic (exact) mass is 298 g/mol. The summed E-state index contributed by atoms with van der Waals surface area (Å²) < 4.78 is 5.15. The highest BCUT2D eigenvalue weighted by Crippen LogP contribution is 2.38. The molecule has 0 radical (unpaired) electrons. The second-order valence-electron chi connectivity index (χ2n) is 6.04. The average molecular weight is 298 g/mol. The Labute approximate surface area is 128 Å². The molecular formula is C16H18N4O2. The van der Waals surface area contributed by atoms with Gasteiger partial charge in [-0.25, -0.2) is 0 Å². The summed E-state index contributed by atoms with van der Waals surface area (Å²) in [6.45, 7) is 0.260. The lowest BCUT2D eigenvalue weighted by atomic mass is 9.95. The van der Waals surface area contributed by atoms with Crippen LogP contribution in [0.2, 0.25) is 0 Å². The largest absolute Gasteiger partial charge is 0.343 e. The van der Waals surface area contributed by atoms with E-state index in [0.29, 0.717) is 17.4 Å². The van der Waals surface area contributed by atoms with Crippen molar-refractivity contribution in [1.82, 2.24) is 20.4 Å². The molecule has 0 spiro atoms. The van der Waals surface area contributed by atoms with Crippen molar-refractivity contribution < 1.29 is 9.32 Å². The number of nitrogens with zero attached hydrogens (tertiary/aromatic N) is 3. The van der Waals surface area contributed by atoms with Crippen LogP contribution < -0.4 is 5.32 Å². The molecule has 1 saturated carbocycles. The van der Waals surface area contributed by atoms with E-state index in [4.69, 9.17) is 4.52 Å². The molecule has 4 rings (SSSR count). The number of hydrogen-bond acceptors (Lipinski definition) is 5. The lowest BCUT2D eigenvalue weighted by Gasteiger charge is -2.15. The Balaban J connectivity index is 1.40. The first-order chi connectivity index (χ1) is 10.8. The van der Waals surface area contributed by atoms with Crippen molar-refractivity contribution in [2.24, 2.45) is 0 Å². The predicted octanol–water partition coefficient (Wildman–Crippen LogP) is 2.15. The summed E-state index contributed by atoms with van der Waals surface area (Å²) in [5.41, 5.74) is 2.93. The summed E-state index contributed by atoms with van der Waals surface area (Å²) in [7, 11) is 0. The first kappa shape index (κ1) is 13.4. The molecule has 22 heavy (non-hydrogen) atoms. The average Bonchev–Trinajstić information content (AvgIpc) is 3.31. The van der Waals surface area contributed by atoms with E-state index in [1.165, 1.54) is 18.4 Å². The van der Waals surface area contributed by atoms with E-state index in [1.54, 1.807) is 6.20 Å². The summed E-state index contributed by atoms with van der Waals surface area (Å²) in [6, 6.07) is 1.96. The minimum absolute atomic E-state index is 0.146. The molecule has 1 N–H and O–H groups in total. The van der Waals surface area contributed by atoms with Crippen molar-refractivity contribution in [2.75, 3.05) is 0 Å². The van der Waals surface area contributed by atoms with Crippen LogP contribution in [-0.4, -0.2) is 21.0 Å². The molecule has 0 aromatic carbocycles. The Kier molecular flexibility index (Phi) is 3.36. The number of carbonyl (C=O) groups excluding carboxylic acids is 1. The standard InChI is InChI=1S/C16H18N4O2/c21-16(12-7-11-3-1-2-4-13(11)17-8-12)18-9-14-19-15(20-22-14)10-5-6-10/h7-8,10H,1-6,9H2,(H,18,21). The molecular weight excluding hydrogens is 280 g/mol. The van der Waals surface area contributed by atoms with Crippen LogP contribution in [0.15, 0.2) is 16.8 Å². The first-order valence-electron chi connectivity index (χ1n) is 7.88. The van der Waals surface area contributed by atoms with Crippen LogP contribution in [0.1, 0.15) is 64.9 Å². The third-order valence-corrected chi connectivity index (χ3v) is 4.26. The summed E-state index contributed by atoms with van der Waals surface area (Å²) in [6.07, 6.45) is 8.31. The van der Waals surface area contributed by atoms with Crippen LogP contribution in [0.25, 0.3) is 0 Å². The first-order valence-corrected chi connectivity index (χ1v) is 7.88. The van der Waals surface area contributed by atoms with Crippen LogP contribution in [0.3, 0.4) is 0 Å². The van der Waals surface area contributed by atoms with E-state index in [-0.39, 0.29) is 12.5 Å². The quantitative estimate of drug-likeness (QED) is 0.935. The highest BCUT2D eigenvalue weighted by molar-refractivity contribution is 5.94. The van der Waals surface area contributed by atoms with Gasteiger partial charge in [-0.2, -0.15) is 4.98 Å². The SMILES string of the molecule is O=C(NCc1nc(C2CC2)no1)c1cnc2c(c1)CCCC2. The topological polar surface area (TPSA) is 80.9 Å². The number of nitrogens with one attached hydrogen (secondary N) is 1. The molecule has 0 bridgehead atoms. The fourth-order valence-electron chi connectivity index (χ4n) is 2.82. The second-order valence-corrected chi connectivity index (χ2v) is 6.04. The van der Waals surface area contributed by atoms with Gasteiger partial charge in [0.2, 0.25) is 5.89 Å². The van der Waals surface area contributed by atoms with Crippen LogP contribution in [0, 0.1) is 0 Å². The van der Waals surface area contributed by atoms with Gasteiger partial charge in [0.1, 0.15) is 0 Å². The van der Waals surface area contributed by atoms with Gasteiger partial charge >= 0.3 is 0 Å². The van der Waals surface area contributed by atoms with Gasteiger partial charge in [-0.1, -0.05) is 5.16 Å². The van der Waals surface area contributed by atoms with Gasteiger partial charge in [0.05, 0.1) is 12.1 Å². The maximum absolute atomic E-state index is 12.2. The minimum Gasteiger partial charge on any atom is -0.343 e. The number of hydrogen-bond donors (Lipinski definition) is 1. The van der Waals surface area contributed by atoms with E-state index >= 15 is 0 Å². The Hall–Kier alpha value is -2.24. The lowest BCUT2D eigenvalue weighted by molar-refractivity contribution is 0.0945. The van der Waals surface area contributed by atoms with Gasteiger partial charge in [-0.05, 0) is 50.2 Å². The molecule has 1 fully saturated rings. The second kappa shape index (κ2) is 5.51. The molecule has 2 aromatic rings. The minimum atomic E-state index is -0.146. The van der Waals surface area contributed by atoms with Crippen molar-refractivity contribution in [3.63, 3.8) is 0 Å². The molecule has 0 saturated heterocycles. The normalized spacial score (nSPS) is 17.1. The van der Waals surface area contributed by atoms with Crippen molar-refractivity contribution in [2.45, 2.75) is 51.0 Å². The predicted molar refractivity (Wildman–Crippen MR) is 78.3 cm³/mol. The van der Waals surface area contributed by atoms with Gasteiger partial charge in [-0.3, -0.25) is 9.78 Å². The molecule has 2 aromatic heterocycles. The van der Waals surface area contributed by atoms with E-state index in [1.807, 2.05) is 6.07 Å². The third-order valence-electron chi connectivity index (χ3n) is 4.26. The molecule has 0 atom stereocenters. The number of aryl methyl sites for hydroxylation is 2. The summed E-state index contributed by atoms with van der Waals surface area (Å²) in [5.74, 6) is 1.53. The summed E-state index contributed by atoms with van der Waals surface area (Å²) >= 11 is 0. The van der Waals surface area contributed by atoms with Crippen molar-refractivity contribution in [3.8, 4) is 0 Å². The van der Waals surface area contributed by atoms with Gasteiger partial charge < -0.3 is 9.84 Å². The van der Waals surface area contributed by atoms with Gasteiger partial charge in [0.25, 0.3) is 5.91 Å². The van der Waals surface area contributed by atoms with Crippen molar-refractivity contribution >= 4 is 5.91 Å². The van der Waals surface area contributed by atoms with E-state index < -0.39 is 0 Å². The molecule has 1 amide bonds. The van der Waals surface area contributed by atoms with E-state index in [9.17, 15) is 4.79 Å². The van der Waals surface area contributed by atoms with Gasteiger partial charge in [0.15, 0.2) is 5.82 Å². The Bertz CT molecular complexity index is 706. The highest BCUT2D eigenvalue weighted by Gasteiger charge is 2.28. The molecule has 0 aliphatic heterocycles. The van der Waals surface area contributed by atoms with Crippen LogP contribution >= 0.6 is 0 Å². The van der Waals surface area contributed by atoms with E-state index in [2.05, 4.69) is 20.4 Å². The number of amides is 1. The van der Waals surface area contributed by atoms with Gasteiger partial charge in [-0.15, -0.1) is 0 Å².